The largest absolute Gasteiger partial charge is 0.455 e. The first-order valence-corrected chi connectivity index (χ1v) is 10.7. The summed E-state index contributed by atoms with van der Waals surface area (Å²) in [6.07, 6.45) is -2.82. The highest BCUT2D eigenvalue weighted by atomic mass is 19.4. The molecule has 1 heterocycles. The van der Waals surface area contributed by atoms with E-state index in [4.69, 9.17) is 4.42 Å². The highest BCUT2D eigenvalue weighted by molar-refractivity contribution is 6.09. The number of hydrogen-bond donors (Lipinski definition) is 2. The summed E-state index contributed by atoms with van der Waals surface area (Å²) >= 11 is 0. The van der Waals surface area contributed by atoms with E-state index in [1.807, 2.05) is 19.1 Å². The molecule has 0 radical (unpaired) electrons. The molecule has 176 valence electrons. The molecule has 9 heteroatoms. The third kappa shape index (κ3) is 4.73. The number of amides is 2. The summed E-state index contributed by atoms with van der Waals surface area (Å²) in [6, 6.07) is 11.8. The highest BCUT2D eigenvalue weighted by Crippen LogP contribution is 2.35. The molecule has 2 N–H and O–H groups in total. The van der Waals surface area contributed by atoms with E-state index >= 15 is 0 Å². The number of anilines is 1. The van der Waals surface area contributed by atoms with Crippen molar-refractivity contribution in [1.29, 1.82) is 0 Å². The Morgan fingerprint density at radius 2 is 1.68 bits per heavy atom. The topological polar surface area (TPSA) is 83.7 Å². The monoisotopic (exact) mass is 469 g/mol. The van der Waals surface area contributed by atoms with Gasteiger partial charge in [-0.05, 0) is 51.0 Å². The van der Waals surface area contributed by atoms with Gasteiger partial charge in [-0.1, -0.05) is 29.8 Å². The van der Waals surface area contributed by atoms with Gasteiger partial charge in [-0.2, -0.15) is 18.3 Å². The smallest absolute Gasteiger partial charge is 0.418 e. The molecule has 34 heavy (non-hydrogen) atoms. The van der Waals surface area contributed by atoms with Gasteiger partial charge in [0, 0.05) is 23.1 Å². The molecule has 3 aromatic rings. The van der Waals surface area contributed by atoms with Crippen LogP contribution in [-0.4, -0.2) is 17.5 Å². The number of furan rings is 1. The summed E-state index contributed by atoms with van der Waals surface area (Å²) in [4.78, 5) is 25.3. The first-order chi connectivity index (χ1) is 16.1. The molecule has 4 rings (SSSR count). The molecule has 2 aromatic carbocycles. The van der Waals surface area contributed by atoms with Gasteiger partial charge in [0.05, 0.1) is 17.0 Å². The molecule has 0 saturated heterocycles. The van der Waals surface area contributed by atoms with E-state index in [2.05, 4.69) is 15.8 Å². The highest BCUT2D eigenvalue weighted by Gasteiger charge is 2.34. The molecule has 1 aliphatic carbocycles. The molecular formula is C25H22F3N3O3. The van der Waals surface area contributed by atoms with E-state index in [0.717, 1.165) is 11.6 Å². The number of hydrazone groups is 1. The van der Waals surface area contributed by atoms with Crippen LogP contribution in [0.15, 0.2) is 58.0 Å². The van der Waals surface area contributed by atoms with Crippen LogP contribution in [0.25, 0.3) is 0 Å². The number of hydrogen-bond acceptors (Lipinski definition) is 4. The number of nitrogens with zero attached hydrogens (tertiary/aromatic N) is 1. The number of benzene rings is 2. The minimum absolute atomic E-state index is 0.0820. The Kier molecular flexibility index (Phi) is 6.28. The van der Waals surface area contributed by atoms with Crippen LogP contribution in [0.2, 0.25) is 0 Å². The Morgan fingerprint density at radius 3 is 2.38 bits per heavy atom. The quantitative estimate of drug-likeness (QED) is 0.485. The first-order valence-electron chi connectivity index (χ1n) is 10.7. The lowest BCUT2D eigenvalue weighted by molar-refractivity contribution is -0.136. The van der Waals surface area contributed by atoms with Crippen LogP contribution in [0.3, 0.4) is 0 Å². The van der Waals surface area contributed by atoms with E-state index in [0.29, 0.717) is 47.4 Å². The van der Waals surface area contributed by atoms with Gasteiger partial charge < -0.3 is 9.73 Å². The van der Waals surface area contributed by atoms with E-state index in [1.54, 1.807) is 19.1 Å². The maximum atomic E-state index is 13.3. The van der Waals surface area contributed by atoms with Crippen LogP contribution >= 0.6 is 0 Å². The molecule has 0 bridgehead atoms. The summed E-state index contributed by atoms with van der Waals surface area (Å²) in [5.74, 6) is -0.725. The zero-order valence-corrected chi connectivity index (χ0v) is 18.5. The number of nitrogens with one attached hydrogen (secondary N) is 2. The summed E-state index contributed by atoms with van der Waals surface area (Å²) in [6.45, 7) is 3.57. The predicted molar refractivity (Wildman–Crippen MR) is 121 cm³/mol. The van der Waals surface area contributed by atoms with Gasteiger partial charge in [-0.15, -0.1) is 0 Å². The van der Waals surface area contributed by atoms with E-state index < -0.39 is 17.6 Å². The molecule has 0 aliphatic heterocycles. The van der Waals surface area contributed by atoms with E-state index in [1.165, 1.54) is 18.2 Å². The van der Waals surface area contributed by atoms with Crippen molar-refractivity contribution in [3.63, 3.8) is 0 Å². The molecule has 1 aromatic heterocycles. The Balaban J connectivity index is 1.58. The van der Waals surface area contributed by atoms with Crippen LogP contribution in [-0.2, 0) is 12.6 Å². The molecule has 0 fully saturated rings. The molecule has 0 saturated carbocycles. The lowest BCUT2D eigenvalue weighted by Crippen LogP contribution is -2.22. The van der Waals surface area contributed by atoms with Gasteiger partial charge >= 0.3 is 6.18 Å². The van der Waals surface area contributed by atoms with Crippen LogP contribution < -0.4 is 10.7 Å². The number of carbonyl (C=O) groups excluding carboxylic acids is 2. The first kappa shape index (κ1) is 23.3. The van der Waals surface area contributed by atoms with Gasteiger partial charge in [0.15, 0.2) is 5.76 Å². The standard InChI is InChI=1S/C25H22F3N3O3/c1-14-10-12-16(13-11-14)23(32)31-30-19-8-5-9-20-21(19)15(2)22(34-20)24(33)29-18-7-4-3-6-17(18)25(26,27)28/h3-4,6-7,10-13H,5,8-9H2,1-2H3,(H,29,33)(H,31,32)/b30-19+. The second kappa shape index (κ2) is 9.17. The second-order valence-electron chi connectivity index (χ2n) is 8.07. The van der Waals surface area contributed by atoms with Crippen molar-refractivity contribution in [3.8, 4) is 0 Å². The normalized spacial score (nSPS) is 14.6. The minimum atomic E-state index is -4.61. The summed E-state index contributed by atoms with van der Waals surface area (Å²) < 4.78 is 45.6. The number of para-hydroxylation sites is 1. The molecule has 0 spiro atoms. The lowest BCUT2D eigenvalue weighted by atomic mass is 9.93. The van der Waals surface area contributed by atoms with Crippen LogP contribution in [0.4, 0.5) is 18.9 Å². The Morgan fingerprint density at radius 1 is 0.971 bits per heavy atom. The van der Waals surface area contributed by atoms with Gasteiger partial charge in [-0.25, -0.2) is 5.43 Å². The SMILES string of the molecule is Cc1ccc(C(=O)N/N=C2\CCCc3oc(C(=O)Nc4ccccc4C(F)(F)F)c(C)c32)cc1. The van der Waals surface area contributed by atoms with Crippen LogP contribution in [0.5, 0.6) is 0 Å². The average Bonchev–Trinajstić information content (AvgIpc) is 3.15. The van der Waals surface area contributed by atoms with Gasteiger partial charge in [0.2, 0.25) is 0 Å². The lowest BCUT2D eigenvalue weighted by Gasteiger charge is -2.13. The zero-order valence-electron chi connectivity index (χ0n) is 18.5. The predicted octanol–water partition coefficient (Wildman–Crippen LogP) is 5.64. The number of carbonyl (C=O) groups is 2. The van der Waals surface area contributed by atoms with Crippen molar-refractivity contribution in [2.75, 3.05) is 5.32 Å². The Hall–Kier alpha value is -3.88. The number of halogens is 3. The van der Waals surface area contributed by atoms with Gasteiger partial charge in [-0.3, -0.25) is 9.59 Å². The molecule has 2 amide bonds. The fourth-order valence-corrected chi connectivity index (χ4v) is 3.90. The summed E-state index contributed by atoms with van der Waals surface area (Å²) in [5.41, 5.74) is 4.34. The molecule has 0 atom stereocenters. The van der Waals surface area contributed by atoms with Crippen molar-refractivity contribution < 1.29 is 27.2 Å². The van der Waals surface area contributed by atoms with Crippen molar-refractivity contribution in [3.05, 3.63) is 87.9 Å². The summed E-state index contributed by atoms with van der Waals surface area (Å²) in [5, 5.41) is 6.58. The van der Waals surface area contributed by atoms with E-state index in [9.17, 15) is 22.8 Å². The molecular weight excluding hydrogens is 447 g/mol. The number of fused-ring (bicyclic) bond motifs is 1. The fraction of sp³-hybridized carbons (Fsp3) is 0.240. The Labute approximate surface area is 193 Å². The Bertz CT molecular complexity index is 1270. The van der Waals surface area contributed by atoms with Gasteiger partial charge in [0.1, 0.15) is 5.76 Å². The third-order valence-electron chi connectivity index (χ3n) is 5.62. The van der Waals surface area contributed by atoms with Crippen molar-refractivity contribution in [2.45, 2.75) is 39.3 Å². The number of rotatable bonds is 4. The molecule has 6 nitrogen and oxygen atoms in total. The third-order valence-corrected chi connectivity index (χ3v) is 5.62. The maximum Gasteiger partial charge on any atom is 0.418 e. The number of aryl methyl sites for hydroxylation is 2. The van der Waals surface area contributed by atoms with Crippen molar-refractivity contribution in [2.24, 2.45) is 5.10 Å². The van der Waals surface area contributed by atoms with Crippen LogP contribution in [0.1, 0.15) is 61.8 Å². The molecule has 1 aliphatic rings. The van der Waals surface area contributed by atoms with Gasteiger partial charge in [0.25, 0.3) is 11.8 Å². The zero-order chi connectivity index (χ0) is 24.5. The average molecular weight is 469 g/mol. The van der Waals surface area contributed by atoms with Crippen molar-refractivity contribution >= 4 is 23.2 Å². The fourth-order valence-electron chi connectivity index (χ4n) is 3.90. The second-order valence-corrected chi connectivity index (χ2v) is 8.07. The minimum Gasteiger partial charge on any atom is -0.455 e. The number of alkyl halides is 3. The van der Waals surface area contributed by atoms with Crippen molar-refractivity contribution in [1.82, 2.24) is 5.43 Å². The van der Waals surface area contributed by atoms with Crippen LogP contribution in [0, 0.1) is 13.8 Å². The summed E-state index contributed by atoms with van der Waals surface area (Å²) in [7, 11) is 0. The molecule has 0 unspecified atom stereocenters. The maximum absolute atomic E-state index is 13.3. The van der Waals surface area contributed by atoms with E-state index in [-0.39, 0.29) is 17.4 Å².